The van der Waals surface area contributed by atoms with Crippen molar-refractivity contribution in [3.05, 3.63) is 29.8 Å². The molecule has 3 saturated carbocycles. The lowest BCUT2D eigenvalue weighted by atomic mass is 10.0. The molecule has 1 aromatic rings. The van der Waals surface area contributed by atoms with Gasteiger partial charge in [-0.05, 0) is 60.6 Å². The highest BCUT2D eigenvalue weighted by Gasteiger charge is 2.65. The third-order valence-corrected chi connectivity index (χ3v) is 5.59. The van der Waals surface area contributed by atoms with E-state index in [-0.39, 0.29) is 12.5 Å². The van der Waals surface area contributed by atoms with E-state index in [4.69, 9.17) is 10.5 Å². The molecule has 0 radical (unpaired) electrons. The van der Waals surface area contributed by atoms with Crippen LogP contribution in [0.25, 0.3) is 0 Å². The summed E-state index contributed by atoms with van der Waals surface area (Å²) >= 11 is 0. The number of nitrogens with one attached hydrogen (secondary N) is 1. The topological polar surface area (TPSA) is 64.3 Å². The minimum absolute atomic E-state index is 0.0108. The van der Waals surface area contributed by atoms with Crippen LogP contribution in [0.4, 0.5) is 0 Å². The van der Waals surface area contributed by atoms with Gasteiger partial charge in [0.15, 0.2) is 6.61 Å². The van der Waals surface area contributed by atoms with Crippen LogP contribution in [-0.4, -0.2) is 18.6 Å². The summed E-state index contributed by atoms with van der Waals surface area (Å²) in [6.07, 6.45) is 4.16. The highest BCUT2D eigenvalue weighted by Crippen LogP contribution is 2.65. The lowest BCUT2D eigenvalue weighted by Crippen LogP contribution is -2.33. The van der Waals surface area contributed by atoms with Gasteiger partial charge in [0.25, 0.3) is 5.91 Å². The molecule has 0 heterocycles. The largest absolute Gasteiger partial charge is 0.484 e. The van der Waals surface area contributed by atoms with E-state index < -0.39 is 0 Å². The van der Waals surface area contributed by atoms with Crippen LogP contribution < -0.4 is 15.8 Å². The maximum absolute atomic E-state index is 12.0. The molecule has 112 valence electrons. The third-order valence-electron chi connectivity index (χ3n) is 5.59. The molecule has 3 N–H and O–H groups in total. The fraction of sp³-hybridized carbons (Fsp3) is 0.588. The summed E-state index contributed by atoms with van der Waals surface area (Å²) in [4.78, 5) is 12.0. The van der Waals surface area contributed by atoms with Gasteiger partial charge < -0.3 is 15.8 Å². The molecule has 4 atom stereocenters. The van der Waals surface area contributed by atoms with Gasteiger partial charge in [-0.2, -0.15) is 0 Å². The van der Waals surface area contributed by atoms with Crippen molar-refractivity contribution in [1.29, 1.82) is 0 Å². The number of carbonyl (C=O) groups excluding carboxylic acids is 1. The third kappa shape index (κ3) is 2.31. The summed E-state index contributed by atoms with van der Waals surface area (Å²) < 4.78 is 5.53. The summed E-state index contributed by atoms with van der Waals surface area (Å²) in [6.45, 7) is 0.626. The monoisotopic (exact) mass is 286 g/mol. The van der Waals surface area contributed by atoms with Gasteiger partial charge in [-0.15, -0.1) is 0 Å². The molecule has 3 aliphatic rings. The van der Waals surface area contributed by atoms with Gasteiger partial charge in [0.2, 0.25) is 0 Å². The van der Waals surface area contributed by atoms with Gasteiger partial charge in [0.1, 0.15) is 5.75 Å². The van der Waals surface area contributed by atoms with Crippen LogP contribution in [0, 0.1) is 23.7 Å². The first-order chi connectivity index (χ1) is 10.3. The molecule has 4 heteroatoms. The highest BCUT2D eigenvalue weighted by atomic mass is 16.5. The van der Waals surface area contributed by atoms with Gasteiger partial charge in [-0.1, -0.05) is 12.1 Å². The van der Waals surface area contributed by atoms with Gasteiger partial charge in [0.05, 0.1) is 0 Å². The van der Waals surface area contributed by atoms with Crippen molar-refractivity contribution >= 4 is 5.91 Å². The second-order valence-electron chi connectivity index (χ2n) is 6.72. The van der Waals surface area contributed by atoms with Crippen molar-refractivity contribution in [2.24, 2.45) is 29.4 Å². The first kappa shape index (κ1) is 13.1. The quantitative estimate of drug-likeness (QED) is 0.865. The second kappa shape index (κ2) is 5.02. The Kier molecular flexibility index (Phi) is 3.14. The van der Waals surface area contributed by atoms with Crippen LogP contribution in [0.1, 0.15) is 24.8 Å². The second-order valence-corrected chi connectivity index (χ2v) is 6.72. The van der Waals surface area contributed by atoms with E-state index in [0.29, 0.717) is 12.6 Å². The first-order valence-electron chi connectivity index (χ1n) is 7.97. The van der Waals surface area contributed by atoms with E-state index >= 15 is 0 Å². The normalized spacial score (nSPS) is 35.4. The Labute approximate surface area is 125 Å². The number of hydrogen-bond acceptors (Lipinski definition) is 3. The zero-order chi connectivity index (χ0) is 14.4. The average Bonchev–Trinajstić information content (AvgIpc) is 2.90. The van der Waals surface area contributed by atoms with Crippen molar-refractivity contribution in [2.45, 2.75) is 31.8 Å². The van der Waals surface area contributed by atoms with E-state index in [0.717, 1.165) is 35.0 Å². The van der Waals surface area contributed by atoms with E-state index in [9.17, 15) is 4.79 Å². The smallest absolute Gasteiger partial charge is 0.258 e. The number of hydrogen-bond donors (Lipinski definition) is 2. The van der Waals surface area contributed by atoms with Gasteiger partial charge in [0, 0.05) is 12.6 Å². The van der Waals surface area contributed by atoms with E-state index in [1.807, 2.05) is 24.3 Å². The van der Waals surface area contributed by atoms with Crippen LogP contribution in [0.15, 0.2) is 24.3 Å². The number of carbonyl (C=O) groups is 1. The number of amides is 1. The number of rotatable bonds is 5. The number of fused-ring (bicyclic) bond motifs is 5. The Balaban J connectivity index is 1.25. The number of nitrogens with two attached hydrogens (primary N) is 1. The van der Waals surface area contributed by atoms with Crippen LogP contribution in [0.5, 0.6) is 5.75 Å². The van der Waals surface area contributed by atoms with Crippen LogP contribution in [0.2, 0.25) is 0 Å². The molecule has 0 saturated heterocycles. The van der Waals surface area contributed by atoms with Crippen molar-refractivity contribution in [3.8, 4) is 5.75 Å². The van der Waals surface area contributed by atoms with E-state index in [1.54, 1.807) is 0 Å². The van der Waals surface area contributed by atoms with Gasteiger partial charge in [-0.3, -0.25) is 4.79 Å². The number of benzene rings is 1. The SMILES string of the molecule is NCc1ccc(OCC(=O)NC2C3C4CCC(C4)C23)cc1. The average molecular weight is 286 g/mol. The van der Waals surface area contributed by atoms with Crippen LogP contribution in [-0.2, 0) is 11.3 Å². The predicted octanol–water partition coefficient (Wildman–Crippen LogP) is 1.68. The van der Waals surface area contributed by atoms with Gasteiger partial charge >= 0.3 is 0 Å². The Hall–Kier alpha value is -1.55. The minimum atomic E-state index is 0.0108. The lowest BCUT2D eigenvalue weighted by Gasteiger charge is -2.11. The molecule has 3 fully saturated rings. The molecule has 0 spiro atoms. The Morgan fingerprint density at radius 1 is 1.19 bits per heavy atom. The Morgan fingerprint density at radius 3 is 2.48 bits per heavy atom. The van der Waals surface area contributed by atoms with Crippen molar-refractivity contribution in [3.63, 3.8) is 0 Å². The molecular weight excluding hydrogens is 264 g/mol. The fourth-order valence-electron chi connectivity index (χ4n) is 4.62. The van der Waals surface area contributed by atoms with Crippen molar-refractivity contribution in [1.82, 2.24) is 5.32 Å². The lowest BCUT2D eigenvalue weighted by molar-refractivity contribution is -0.123. The molecular formula is C17H22N2O2. The molecule has 3 aliphatic carbocycles. The molecule has 1 amide bonds. The maximum atomic E-state index is 12.0. The summed E-state index contributed by atoms with van der Waals surface area (Å²) in [7, 11) is 0. The summed E-state index contributed by atoms with van der Waals surface area (Å²) in [5, 5.41) is 3.17. The molecule has 4 nitrogen and oxygen atoms in total. The number of ether oxygens (including phenoxy) is 1. The Bertz CT molecular complexity index is 526. The summed E-state index contributed by atoms with van der Waals surface area (Å²) in [6, 6.07) is 8.02. The summed E-state index contributed by atoms with van der Waals surface area (Å²) in [5.41, 5.74) is 6.61. The van der Waals surface area contributed by atoms with Crippen molar-refractivity contribution in [2.75, 3.05) is 6.61 Å². The zero-order valence-electron chi connectivity index (χ0n) is 12.1. The molecule has 21 heavy (non-hydrogen) atoms. The van der Waals surface area contributed by atoms with E-state index in [2.05, 4.69) is 5.32 Å². The Morgan fingerprint density at radius 2 is 1.86 bits per heavy atom. The van der Waals surface area contributed by atoms with Crippen LogP contribution in [0.3, 0.4) is 0 Å². The molecule has 4 rings (SSSR count). The predicted molar refractivity (Wildman–Crippen MR) is 79.6 cm³/mol. The van der Waals surface area contributed by atoms with Crippen LogP contribution >= 0.6 is 0 Å². The van der Waals surface area contributed by atoms with Gasteiger partial charge in [-0.25, -0.2) is 0 Å². The zero-order valence-corrected chi connectivity index (χ0v) is 12.1. The molecule has 0 aromatic heterocycles. The molecule has 2 bridgehead atoms. The maximum Gasteiger partial charge on any atom is 0.258 e. The van der Waals surface area contributed by atoms with Crippen molar-refractivity contribution < 1.29 is 9.53 Å². The molecule has 0 aliphatic heterocycles. The first-order valence-corrected chi connectivity index (χ1v) is 7.97. The molecule has 4 unspecified atom stereocenters. The molecule has 1 aromatic carbocycles. The standard InChI is InChI=1S/C17H22N2O2/c18-8-10-1-5-13(6-2-10)21-9-14(20)19-17-15-11-3-4-12(7-11)16(15)17/h1-2,5-6,11-12,15-17H,3-4,7-9,18H2,(H,19,20). The fourth-order valence-corrected chi connectivity index (χ4v) is 4.62. The summed E-state index contributed by atoms with van der Waals surface area (Å²) in [5.74, 6) is 4.05. The highest BCUT2D eigenvalue weighted by molar-refractivity contribution is 5.78. The van der Waals surface area contributed by atoms with E-state index in [1.165, 1.54) is 19.3 Å². The minimum Gasteiger partial charge on any atom is -0.484 e.